The maximum absolute atomic E-state index is 14.8. The molecule has 0 saturated carbocycles. The van der Waals surface area contributed by atoms with Crippen molar-refractivity contribution in [2.75, 3.05) is 12.4 Å². The molecule has 11 heteroatoms. The number of nitrogens with one attached hydrogen (secondary N) is 1. The Hall–Kier alpha value is -3.65. The number of carbonyl (C=O) groups excluding carboxylic acids is 1. The number of pyridine rings is 1. The van der Waals surface area contributed by atoms with E-state index in [1.807, 2.05) is 6.07 Å². The Morgan fingerprint density at radius 3 is 2.71 bits per heavy atom. The molecule has 3 rings (SSSR count). The van der Waals surface area contributed by atoms with Gasteiger partial charge in [-0.1, -0.05) is 0 Å². The van der Waals surface area contributed by atoms with Gasteiger partial charge in [-0.2, -0.15) is 5.26 Å². The molecule has 1 aliphatic rings. The zero-order valence-corrected chi connectivity index (χ0v) is 16.5. The lowest BCUT2D eigenvalue weighted by atomic mass is 9.82. The van der Waals surface area contributed by atoms with E-state index in [9.17, 15) is 18.0 Å². The molecule has 3 atom stereocenters. The number of nitrogens with two attached hydrogens (primary N) is 1. The minimum atomic E-state index is -2.97. The van der Waals surface area contributed by atoms with Crippen molar-refractivity contribution < 1.29 is 27.4 Å². The smallest absolute Gasteiger partial charge is 0.283 e. The summed E-state index contributed by atoms with van der Waals surface area (Å²) in [6.07, 6.45) is -4.86. The van der Waals surface area contributed by atoms with Gasteiger partial charge in [-0.15, -0.1) is 0 Å². The number of aliphatic imine (C=N–C) groups is 1. The van der Waals surface area contributed by atoms with E-state index in [1.165, 1.54) is 44.5 Å². The molecule has 0 saturated heterocycles. The van der Waals surface area contributed by atoms with Crippen molar-refractivity contribution >= 4 is 17.6 Å². The third-order valence-corrected chi connectivity index (χ3v) is 4.85. The number of methoxy groups -OCH3 is 1. The van der Waals surface area contributed by atoms with Crippen LogP contribution in [0.4, 0.5) is 18.9 Å². The number of alkyl halides is 2. The van der Waals surface area contributed by atoms with E-state index < -0.39 is 41.9 Å². The molecule has 2 heterocycles. The van der Waals surface area contributed by atoms with Gasteiger partial charge in [0, 0.05) is 24.6 Å². The van der Waals surface area contributed by atoms with Crippen molar-refractivity contribution in [2.45, 2.75) is 31.1 Å². The number of carbonyl (C=O) groups is 1. The Balaban J connectivity index is 1.96. The van der Waals surface area contributed by atoms with Crippen LogP contribution in [0.5, 0.6) is 0 Å². The van der Waals surface area contributed by atoms with Crippen molar-refractivity contribution in [1.82, 2.24) is 4.98 Å². The summed E-state index contributed by atoms with van der Waals surface area (Å²) in [5.41, 5.74) is 4.27. The summed E-state index contributed by atoms with van der Waals surface area (Å²) in [5, 5.41) is 11.4. The van der Waals surface area contributed by atoms with E-state index >= 15 is 0 Å². The molecule has 31 heavy (non-hydrogen) atoms. The maximum Gasteiger partial charge on any atom is 0.283 e. The second-order valence-electron chi connectivity index (χ2n) is 6.86. The highest BCUT2D eigenvalue weighted by molar-refractivity contribution is 6.02. The van der Waals surface area contributed by atoms with Crippen LogP contribution in [-0.2, 0) is 15.0 Å². The number of hydrogen-bond acceptors (Lipinski definition) is 7. The summed E-state index contributed by atoms with van der Waals surface area (Å²) in [5.74, 6) is -1.37. The van der Waals surface area contributed by atoms with Crippen molar-refractivity contribution in [3.63, 3.8) is 0 Å². The van der Waals surface area contributed by atoms with Crippen LogP contribution >= 0.6 is 0 Å². The van der Waals surface area contributed by atoms with Crippen LogP contribution in [0.25, 0.3) is 0 Å². The Bertz CT molecular complexity index is 1060. The second-order valence-corrected chi connectivity index (χ2v) is 6.86. The molecule has 8 nitrogen and oxygen atoms in total. The first kappa shape index (κ1) is 22.0. The molecule has 1 aromatic heterocycles. The molecule has 162 valence electrons. The normalized spacial score (nSPS) is 22.9. The van der Waals surface area contributed by atoms with Crippen LogP contribution < -0.4 is 11.1 Å². The Morgan fingerprint density at radius 2 is 2.13 bits per heavy atom. The minimum absolute atomic E-state index is 0.0250. The number of halogens is 3. The molecule has 0 fully saturated rings. The topological polar surface area (TPSA) is 123 Å². The average Bonchev–Trinajstić information content (AvgIpc) is 2.74. The molecule has 1 aromatic carbocycles. The number of nitrogens with zero attached hydrogens (tertiary/aromatic N) is 3. The summed E-state index contributed by atoms with van der Waals surface area (Å²) in [6.45, 7) is 1.39. The monoisotopic (exact) mass is 433 g/mol. The van der Waals surface area contributed by atoms with Crippen LogP contribution in [0.1, 0.15) is 28.5 Å². The third-order valence-electron chi connectivity index (χ3n) is 4.85. The SMILES string of the molecule is CO[C@@H]1[C@H](C(F)F)OC(N)=N[C@@]1(C)c1cc(NC(=O)c2ccc(C#N)cn2)ccc1F. The lowest BCUT2D eigenvalue weighted by molar-refractivity contribution is -0.121. The number of aromatic nitrogens is 1. The van der Waals surface area contributed by atoms with Crippen molar-refractivity contribution in [1.29, 1.82) is 5.26 Å². The molecule has 0 spiro atoms. The summed E-state index contributed by atoms with van der Waals surface area (Å²) >= 11 is 0. The van der Waals surface area contributed by atoms with Gasteiger partial charge >= 0.3 is 0 Å². The number of hydrogen-bond donors (Lipinski definition) is 2. The van der Waals surface area contributed by atoms with Gasteiger partial charge in [0.05, 0.1) is 5.56 Å². The summed E-state index contributed by atoms with van der Waals surface area (Å²) in [6, 6.07) is 7.75. The molecule has 3 N–H and O–H groups in total. The predicted octanol–water partition coefficient (Wildman–Crippen LogP) is 2.55. The fourth-order valence-corrected chi connectivity index (χ4v) is 3.38. The Labute approximate surface area is 175 Å². The van der Waals surface area contributed by atoms with Crippen molar-refractivity contribution in [3.8, 4) is 6.07 Å². The molecular weight excluding hydrogens is 415 g/mol. The highest BCUT2D eigenvalue weighted by Crippen LogP contribution is 2.40. The predicted molar refractivity (Wildman–Crippen MR) is 104 cm³/mol. The summed E-state index contributed by atoms with van der Waals surface area (Å²) < 4.78 is 51.8. The zero-order valence-electron chi connectivity index (χ0n) is 16.5. The average molecular weight is 433 g/mol. The highest BCUT2D eigenvalue weighted by Gasteiger charge is 2.51. The third kappa shape index (κ3) is 4.29. The minimum Gasteiger partial charge on any atom is -0.453 e. The lowest BCUT2D eigenvalue weighted by Crippen LogP contribution is -2.55. The van der Waals surface area contributed by atoms with E-state index in [0.717, 1.165) is 6.07 Å². The van der Waals surface area contributed by atoms with Gasteiger partial charge in [-0.05, 0) is 37.3 Å². The number of nitriles is 1. The van der Waals surface area contributed by atoms with E-state index in [2.05, 4.69) is 15.3 Å². The molecular formula is C20H18F3N5O3. The number of ether oxygens (including phenoxy) is 2. The molecule has 1 amide bonds. The quantitative estimate of drug-likeness (QED) is 0.747. The van der Waals surface area contributed by atoms with E-state index in [1.54, 1.807) is 0 Å². The van der Waals surface area contributed by atoms with Gasteiger partial charge in [0.15, 0.2) is 6.10 Å². The second kappa shape index (κ2) is 8.61. The van der Waals surface area contributed by atoms with Crippen LogP contribution in [0.2, 0.25) is 0 Å². The van der Waals surface area contributed by atoms with Crippen LogP contribution in [0.3, 0.4) is 0 Å². The molecule has 1 aliphatic heterocycles. The summed E-state index contributed by atoms with van der Waals surface area (Å²) in [4.78, 5) is 20.4. The number of amides is 1. The van der Waals surface area contributed by atoms with E-state index in [0.29, 0.717) is 0 Å². The fraction of sp³-hybridized carbons (Fsp3) is 0.300. The zero-order chi connectivity index (χ0) is 22.8. The van der Waals surface area contributed by atoms with Crippen LogP contribution in [-0.4, -0.2) is 42.7 Å². The Morgan fingerprint density at radius 1 is 1.39 bits per heavy atom. The lowest BCUT2D eigenvalue weighted by Gasteiger charge is -2.41. The van der Waals surface area contributed by atoms with E-state index in [4.69, 9.17) is 20.5 Å². The van der Waals surface area contributed by atoms with Gasteiger partial charge in [0.1, 0.15) is 29.2 Å². The summed E-state index contributed by atoms with van der Waals surface area (Å²) in [7, 11) is 1.18. The maximum atomic E-state index is 14.8. The number of rotatable bonds is 5. The van der Waals surface area contributed by atoms with Crippen LogP contribution in [0, 0.1) is 17.1 Å². The van der Waals surface area contributed by atoms with Gasteiger partial charge in [-0.25, -0.2) is 23.1 Å². The van der Waals surface area contributed by atoms with Crippen molar-refractivity contribution in [3.05, 3.63) is 59.2 Å². The van der Waals surface area contributed by atoms with Crippen molar-refractivity contribution in [2.24, 2.45) is 10.7 Å². The first-order valence-corrected chi connectivity index (χ1v) is 9.00. The number of anilines is 1. The standard InChI is InChI=1S/C20H18F3N5O3/c1-20(16(30-2)15(17(22)23)31-19(25)28-20)12-7-11(4-5-13(12)21)27-18(29)14-6-3-10(8-24)9-26-14/h3-7,9,15-17H,1-2H3,(H2,25,28)(H,27,29)/t15-,16-,20+/m1/s1. The molecule has 2 aromatic rings. The largest absolute Gasteiger partial charge is 0.453 e. The van der Waals surface area contributed by atoms with Gasteiger partial charge in [-0.3, -0.25) is 4.79 Å². The first-order chi connectivity index (χ1) is 14.7. The number of amidine groups is 1. The van der Waals surface area contributed by atoms with E-state index in [-0.39, 0.29) is 22.5 Å². The highest BCUT2D eigenvalue weighted by atomic mass is 19.3. The van der Waals surface area contributed by atoms with Gasteiger partial charge in [0.25, 0.3) is 18.4 Å². The Kier molecular flexibility index (Phi) is 6.12. The first-order valence-electron chi connectivity index (χ1n) is 9.00. The molecule has 0 unspecified atom stereocenters. The van der Waals surface area contributed by atoms with Crippen LogP contribution in [0.15, 0.2) is 41.5 Å². The van der Waals surface area contributed by atoms with Gasteiger partial charge in [0.2, 0.25) is 0 Å². The van der Waals surface area contributed by atoms with Gasteiger partial charge < -0.3 is 20.5 Å². The molecule has 0 radical (unpaired) electrons. The fourth-order valence-electron chi connectivity index (χ4n) is 3.38. The molecule has 0 aliphatic carbocycles. The number of benzene rings is 1. The molecule has 0 bridgehead atoms.